The molecule has 0 N–H and O–H groups in total. The van der Waals surface area contributed by atoms with Gasteiger partial charge < -0.3 is 19.1 Å². The molecule has 7 nitrogen and oxygen atoms in total. The third-order valence-corrected chi connectivity index (χ3v) is 5.28. The minimum Gasteiger partial charge on any atom is -0.454 e. The molecule has 15 heteroatoms. The maximum absolute atomic E-state index is 14.3. The lowest BCUT2D eigenvalue weighted by Crippen LogP contribution is -2.52. The SMILES string of the molecule is O=C(OCOc1c(CN2CCN(C(=O)OC(C(F)(F)F)C(F)(F)F)CC2)ccc(F)c1F)C1CC1. The Morgan fingerprint density at radius 3 is 2.11 bits per heavy atom. The third kappa shape index (κ3) is 7.08. The highest BCUT2D eigenvalue weighted by Crippen LogP contribution is 2.36. The summed E-state index contributed by atoms with van der Waals surface area (Å²) in [7, 11) is 0. The zero-order chi connectivity index (χ0) is 26.0. The standard InChI is InChI=1S/C20H20F8N2O5/c21-13-4-3-12(15(14(13)22)33-10-34-16(31)11-1-2-11)9-29-5-7-30(8-6-29)18(32)35-17(19(23,24)25)20(26,27)28/h3-4,11,17H,1-2,5-10H2. The molecule has 1 aliphatic carbocycles. The molecule has 1 heterocycles. The molecule has 0 spiro atoms. The number of hydrogen-bond acceptors (Lipinski definition) is 6. The van der Waals surface area contributed by atoms with Crippen molar-refractivity contribution in [2.75, 3.05) is 33.0 Å². The van der Waals surface area contributed by atoms with Crippen molar-refractivity contribution >= 4 is 12.1 Å². The van der Waals surface area contributed by atoms with Crippen LogP contribution in [-0.2, 0) is 20.8 Å². The van der Waals surface area contributed by atoms with Gasteiger partial charge in [-0.05, 0) is 18.9 Å². The molecule has 1 aromatic carbocycles. The molecule has 1 saturated heterocycles. The van der Waals surface area contributed by atoms with Crippen molar-refractivity contribution in [2.45, 2.75) is 37.8 Å². The van der Waals surface area contributed by atoms with Crippen LogP contribution in [0.5, 0.6) is 5.75 Å². The molecule has 0 aromatic heterocycles. The van der Waals surface area contributed by atoms with E-state index in [9.17, 15) is 44.7 Å². The molecule has 196 valence electrons. The molecule has 1 aromatic rings. The number of benzene rings is 1. The number of amides is 1. The first-order chi connectivity index (χ1) is 16.3. The summed E-state index contributed by atoms with van der Waals surface area (Å²) in [4.78, 5) is 25.7. The molecule has 0 unspecified atom stereocenters. The maximum Gasteiger partial charge on any atom is 0.434 e. The van der Waals surface area contributed by atoms with Gasteiger partial charge in [-0.1, -0.05) is 6.07 Å². The minimum atomic E-state index is -5.83. The van der Waals surface area contributed by atoms with Gasteiger partial charge in [0.05, 0.1) is 5.92 Å². The van der Waals surface area contributed by atoms with Crippen LogP contribution in [0.25, 0.3) is 0 Å². The van der Waals surface area contributed by atoms with E-state index in [0.29, 0.717) is 17.7 Å². The number of halogens is 8. The fraction of sp³-hybridized carbons (Fsp3) is 0.600. The Hall–Kier alpha value is -2.84. The zero-order valence-electron chi connectivity index (χ0n) is 17.9. The van der Waals surface area contributed by atoms with E-state index >= 15 is 0 Å². The van der Waals surface area contributed by atoms with Crippen LogP contribution < -0.4 is 4.74 Å². The molecule has 2 fully saturated rings. The molecular formula is C20H20F8N2O5. The van der Waals surface area contributed by atoms with E-state index in [1.807, 2.05) is 0 Å². The van der Waals surface area contributed by atoms with Gasteiger partial charge in [0, 0.05) is 38.3 Å². The molecular weight excluding hydrogens is 500 g/mol. The molecule has 1 aliphatic heterocycles. The molecule has 2 aliphatic rings. The second-order valence-corrected chi connectivity index (χ2v) is 7.96. The highest BCUT2D eigenvalue weighted by molar-refractivity contribution is 5.74. The predicted octanol–water partition coefficient (Wildman–Crippen LogP) is 4.00. The van der Waals surface area contributed by atoms with E-state index in [0.717, 1.165) is 6.07 Å². The first-order valence-corrected chi connectivity index (χ1v) is 10.3. The summed E-state index contributed by atoms with van der Waals surface area (Å²) >= 11 is 0. The van der Waals surface area contributed by atoms with Gasteiger partial charge in [0.15, 0.2) is 11.6 Å². The van der Waals surface area contributed by atoms with Crippen molar-refractivity contribution in [2.24, 2.45) is 5.92 Å². The van der Waals surface area contributed by atoms with Crippen molar-refractivity contribution < 1.29 is 58.9 Å². The quantitative estimate of drug-likeness (QED) is 0.308. The van der Waals surface area contributed by atoms with E-state index in [4.69, 9.17) is 9.47 Å². The number of alkyl halides is 6. The summed E-state index contributed by atoms with van der Waals surface area (Å²) in [5, 5.41) is 0. The summed E-state index contributed by atoms with van der Waals surface area (Å²) in [5.74, 6) is -3.80. The normalized spacial score (nSPS) is 17.5. The lowest BCUT2D eigenvalue weighted by atomic mass is 10.1. The van der Waals surface area contributed by atoms with Crippen LogP contribution in [0.2, 0.25) is 0 Å². The van der Waals surface area contributed by atoms with E-state index in [1.54, 1.807) is 4.90 Å². The molecule has 35 heavy (non-hydrogen) atoms. The second kappa shape index (κ2) is 10.4. The molecule has 0 bridgehead atoms. The Morgan fingerprint density at radius 1 is 0.971 bits per heavy atom. The maximum atomic E-state index is 14.3. The topological polar surface area (TPSA) is 68.3 Å². The molecule has 0 atom stereocenters. The first kappa shape index (κ1) is 26.8. The number of nitrogens with zero attached hydrogens (tertiary/aromatic N) is 2. The molecule has 1 amide bonds. The smallest absolute Gasteiger partial charge is 0.434 e. The molecule has 0 radical (unpaired) electrons. The first-order valence-electron chi connectivity index (χ1n) is 10.3. The summed E-state index contributed by atoms with van der Waals surface area (Å²) in [5.41, 5.74) is 0.150. The van der Waals surface area contributed by atoms with Crippen molar-refractivity contribution in [3.8, 4) is 5.75 Å². The largest absolute Gasteiger partial charge is 0.454 e. The Morgan fingerprint density at radius 2 is 1.57 bits per heavy atom. The van der Waals surface area contributed by atoms with E-state index in [-0.39, 0.29) is 44.2 Å². The van der Waals surface area contributed by atoms with Gasteiger partial charge in [0.2, 0.25) is 12.6 Å². The average Bonchev–Trinajstić information content (AvgIpc) is 3.61. The highest BCUT2D eigenvalue weighted by atomic mass is 19.4. The van der Waals surface area contributed by atoms with Gasteiger partial charge in [-0.15, -0.1) is 0 Å². The van der Waals surface area contributed by atoms with Gasteiger partial charge in [-0.25, -0.2) is 9.18 Å². The number of piperazine rings is 1. The molecule has 3 rings (SSSR count). The monoisotopic (exact) mass is 520 g/mol. The summed E-state index contributed by atoms with van der Waals surface area (Å²) in [6.07, 6.45) is -16.3. The molecule has 1 saturated carbocycles. The van der Waals surface area contributed by atoms with Crippen molar-refractivity contribution in [3.05, 3.63) is 29.3 Å². The van der Waals surface area contributed by atoms with Crippen molar-refractivity contribution in [3.63, 3.8) is 0 Å². The number of carbonyl (C=O) groups excluding carboxylic acids is 2. The van der Waals surface area contributed by atoms with Gasteiger partial charge in [-0.3, -0.25) is 9.69 Å². The lowest BCUT2D eigenvalue weighted by molar-refractivity contribution is -0.308. The van der Waals surface area contributed by atoms with Crippen LogP contribution in [0.15, 0.2) is 12.1 Å². The second-order valence-electron chi connectivity index (χ2n) is 7.96. The predicted molar refractivity (Wildman–Crippen MR) is 99.9 cm³/mol. The Kier molecular flexibility index (Phi) is 7.97. The van der Waals surface area contributed by atoms with E-state index < -0.39 is 54.7 Å². The zero-order valence-corrected chi connectivity index (χ0v) is 17.9. The van der Waals surface area contributed by atoms with Crippen LogP contribution in [0.4, 0.5) is 39.9 Å². The van der Waals surface area contributed by atoms with Crippen LogP contribution in [0.3, 0.4) is 0 Å². The number of esters is 1. The van der Waals surface area contributed by atoms with E-state index in [1.165, 1.54) is 6.07 Å². The summed E-state index contributed by atoms with van der Waals surface area (Å²) < 4.78 is 117. The fourth-order valence-corrected chi connectivity index (χ4v) is 3.26. The summed E-state index contributed by atoms with van der Waals surface area (Å²) in [6, 6.07) is 2.06. The number of ether oxygens (including phenoxy) is 3. The van der Waals surface area contributed by atoms with Crippen LogP contribution in [0, 0.1) is 17.6 Å². The van der Waals surface area contributed by atoms with Crippen molar-refractivity contribution in [1.29, 1.82) is 0 Å². The van der Waals surface area contributed by atoms with Gasteiger partial charge in [0.25, 0.3) is 6.10 Å². The Bertz CT molecular complexity index is 913. The number of carbonyl (C=O) groups is 2. The summed E-state index contributed by atoms with van der Waals surface area (Å²) in [6.45, 7) is -1.30. The van der Waals surface area contributed by atoms with Crippen molar-refractivity contribution in [1.82, 2.24) is 9.80 Å². The van der Waals surface area contributed by atoms with Gasteiger partial charge >= 0.3 is 24.4 Å². The van der Waals surface area contributed by atoms with Gasteiger partial charge in [0.1, 0.15) is 0 Å². The van der Waals surface area contributed by atoms with Crippen LogP contribution in [-0.4, -0.2) is 73.3 Å². The number of hydrogen-bond donors (Lipinski definition) is 0. The Labute approximate surface area is 193 Å². The van der Waals surface area contributed by atoms with Crippen LogP contribution in [0.1, 0.15) is 18.4 Å². The third-order valence-electron chi connectivity index (χ3n) is 5.28. The van der Waals surface area contributed by atoms with Crippen LogP contribution >= 0.6 is 0 Å². The minimum absolute atomic E-state index is 0.0209. The average molecular weight is 520 g/mol. The lowest BCUT2D eigenvalue weighted by Gasteiger charge is -2.35. The Balaban J connectivity index is 1.56. The van der Waals surface area contributed by atoms with Gasteiger partial charge in [-0.2, -0.15) is 30.7 Å². The number of rotatable bonds is 7. The fourth-order valence-electron chi connectivity index (χ4n) is 3.26. The van der Waals surface area contributed by atoms with E-state index in [2.05, 4.69) is 4.74 Å². The highest BCUT2D eigenvalue weighted by Gasteiger charge is 2.60.